The van der Waals surface area contributed by atoms with Gasteiger partial charge in [-0.1, -0.05) is 24.3 Å². The summed E-state index contributed by atoms with van der Waals surface area (Å²) in [7, 11) is -1.53. The zero-order valence-electron chi connectivity index (χ0n) is 10.5. The molecule has 0 saturated carbocycles. The molecule has 0 bridgehead atoms. The summed E-state index contributed by atoms with van der Waals surface area (Å²) in [5.41, 5.74) is 1.69. The Labute approximate surface area is 114 Å². The summed E-state index contributed by atoms with van der Waals surface area (Å²) in [6, 6.07) is 8.78. The molecule has 2 aromatic heterocycles. The van der Waals surface area contributed by atoms with E-state index < -0.39 is 7.12 Å². The Bertz CT molecular complexity index is 810. The molecule has 100 valence electrons. The Hall–Kier alpha value is -2.38. The highest BCUT2D eigenvalue weighted by Crippen LogP contribution is 2.10. The predicted octanol–water partition coefficient (Wildman–Crippen LogP) is -0.547. The Morgan fingerprint density at radius 3 is 2.85 bits per heavy atom. The summed E-state index contributed by atoms with van der Waals surface area (Å²) < 4.78 is 1.66. The first-order valence-electron chi connectivity index (χ1n) is 6.14. The van der Waals surface area contributed by atoms with Gasteiger partial charge in [0.1, 0.15) is 0 Å². The SMILES string of the molecule is O=c1[nH]ccc2c1cnn2Cc1ccccc1B(O)O. The van der Waals surface area contributed by atoms with Gasteiger partial charge in [-0.3, -0.25) is 9.48 Å². The van der Waals surface area contributed by atoms with Crippen molar-refractivity contribution in [2.45, 2.75) is 6.54 Å². The van der Waals surface area contributed by atoms with Crippen molar-refractivity contribution >= 4 is 23.5 Å². The smallest absolute Gasteiger partial charge is 0.423 e. The molecule has 0 spiro atoms. The maximum Gasteiger partial charge on any atom is 0.488 e. The normalized spacial score (nSPS) is 10.9. The van der Waals surface area contributed by atoms with Crippen molar-refractivity contribution in [1.82, 2.24) is 14.8 Å². The van der Waals surface area contributed by atoms with Crippen LogP contribution >= 0.6 is 0 Å². The Balaban J connectivity index is 2.06. The number of nitrogens with zero attached hydrogens (tertiary/aromatic N) is 2. The van der Waals surface area contributed by atoms with Crippen LogP contribution in [0.5, 0.6) is 0 Å². The first-order valence-corrected chi connectivity index (χ1v) is 6.14. The Kier molecular flexibility index (Phi) is 3.13. The standard InChI is InChI=1S/C13H12BN3O3/c18-13-10-7-16-17(12(10)5-6-15-13)8-9-3-1-2-4-11(9)14(19)20/h1-7,19-20H,8H2,(H,15,18). The number of fused-ring (bicyclic) bond motifs is 1. The van der Waals surface area contributed by atoms with Gasteiger partial charge >= 0.3 is 7.12 Å². The number of aromatic nitrogens is 3. The molecular weight excluding hydrogens is 257 g/mol. The molecule has 0 unspecified atom stereocenters. The molecule has 2 heterocycles. The number of hydrogen-bond acceptors (Lipinski definition) is 4. The Morgan fingerprint density at radius 1 is 1.25 bits per heavy atom. The van der Waals surface area contributed by atoms with Gasteiger partial charge in [-0.05, 0) is 17.1 Å². The van der Waals surface area contributed by atoms with E-state index in [1.807, 2.05) is 6.07 Å². The Morgan fingerprint density at radius 2 is 2.05 bits per heavy atom. The predicted molar refractivity (Wildman–Crippen MR) is 75.7 cm³/mol. The van der Waals surface area contributed by atoms with Crippen LogP contribution in [0.4, 0.5) is 0 Å². The minimum absolute atomic E-state index is 0.191. The molecule has 3 N–H and O–H groups in total. The first-order chi connectivity index (χ1) is 9.66. The van der Waals surface area contributed by atoms with Crippen molar-refractivity contribution in [2.75, 3.05) is 0 Å². The number of nitrogens with one attached hydrogen (secondary N) is 1. The maximum atomic E-state index is 11.6. The molecule has 0 aliphatic carbocycles. The maximum absolute atomic E-state index is 11.6. The van der Waals surface area contributed by atoms with Crippen LogP contribution in [0.25, 0.3) is 10.9 Å². The van der Waals surface area contributed by atoms with Crippen molar-refractivity contribution in [3.8, 4) is 0 Å². The summed E-state index contributed by atoms with van der Waals surface area (Å²) in [5, 5.41) is 23.4. The van der Waals surface area contributed by atoms with E-state index in [0.29, 0.717) is 22.9 Å². The van der Waals surface area contributed by atoms with Gasteiger partial charge in [0, 0.05) is 6.20 Å². The van der Waals surface area contributed by atoms with Gasteiger partial charge in [0.2, 0.25) is 0 Å². The quantitative estimate of drug-likeness (QED) is 0.556. The van der Waals surface area contributed by atoms with Gasteiger partial charge in [-0.15, -0.1) is 0 Å². The number of benzene rings is 1. The number of hydrogen-bond donors (Lipinski definition) is 3. The second-order valence-electron chi connectivity index (χ2n) is 4.48. The van der Waals surface area contributed by atoms with Gasteiger partial charge in [-0.2, -0.15) is 5.10 Å². The number of pyridine rings is 1. The molecular formula is C13H12BN3O3. The van der Waals surface area contributed by atoms with Crippen LogP contribution in [0.15, 0.2) is 47.5 Å². The zero-order chi connectivity index (χ0) is 14.1. The van der Waals surface area contributed by atoms with E-state index in [-0.39, 0.29) is 5.56 Å². The van der Waals surface area contributed by atoms with Crippen molar-refractivity contribution in [3.05, 3.63) is 58.6 Å². The number of rotatable bonds is 3. The second-order valence-corrected chi connectivity index (χ2v) is 4.48. The van der Waals surface area contributed by atoms with Crippen LogP contribution in [0.3, 0.4) is 0 Å². The summed E-state index contributed by atoms with van der Waals surface area (Å²) in [5.74, 6) is 0. The van der Waals surface area contributed by atoms with E-state index in [1.165, 1.54) is 6.20 Å². The summed E-state index contributed by atoms with van der Waals surface area (Å²) >= 11 is 0. The van der Waals surface area contributed by atoms with Crippen LogP contribution in [0.2, 0.25) is 0 Å². The van der Waals surface area contributed by atoms with Crippen molar-refractivity contribution in [2.24, 2.45) is 0 Å². The molecule has 0 amide bonds. The molecule has 0 aliphatic heterocycles. The monoisotopic (exact) mass is 269 g/mol. The summed E-state index contributed by atoms with van der Waals surface area (Å²) in [6.45, 7) is 0.362. The van der Waals surface area contributed by atoms with E-state index in [2.05, 4.69) is 10.1 Å². The number of aromatic amines is 1. The molecule has 6 nitrogen and oxygen atoms in total. The largest absolute Gasteiger partial charge is 0.488 e. The van der Waals surface area contributed by atoms with E-state index >= 15 is 0 Å². The van der Waals surface area contributed by atoms with E-state index in [1.54, 1.807) is 35.1 Å². The minimum Gasteiger partial charge on any atom is -0.423 e. The molecule has 3 rings (SSSR count). The molecule has 0 fully saturated rings. The molecule has 0 radical (unpaired) electrons. The lowest BCUT2D eigenvalue weighted by molar-refractivity contribution is 0.425. The topological polar surface area (TPSA) is 91.1 Å². The van der Waals surface area contributed by atoms with Gasteiger partial charge in [0.05, 0.1) is 23.6 Å². The lowest BCUT2D eigenvalue weighted by atomic mass is 9.77. The van der Waals surface area contributed by atoms with E-state index in [0.717, 1.165) is 5.56 Å². The zero-order valence-corrected chi connectivity index (χ0v) is 10.5. The van der Waals surface area contributed by atoms with Crippen LogP contribution in [0.1, 0.15) is 5.56 Å². The molecule has 7 heteroatoms. The lowest BCUT2D eigenvalue weighted by Gasteiger charge is -2.09. The number of H-pyrrole nitrogens is 1. The average molecular weight is 269 g/mol. The van der Waals surface area contributed by atoms with Crippen LogP contribution < -0.4 is 11.0 Å². The highest BCUT2D eigenvalue weighted by molar-refractivity contribution is 6.59. The van der Waals surface area contributed by atoms with Gasteiger partial charge in [0.25, 0.3) is 5.56 Å². The highest BCUT2D eigenvalue weighted by Gasteiger charge is 2.16. The fourth-order valence-corrected chi connectivity index (χ4v) is 2.24. The molecule has 3 aromatic rings. The summed E-state index contributed by atoms with van der Waals surface area (Å²) in [6.07, 6.45) is 3.07. The lowest BCUT2D eigenvalue weighted by Crippen LogP contribution is -2.33. The third-order valence-corrected chi connectivity index (χ3v) is 3.23. The van der Waals surface area contributed by atoms with Crippen molar-refractivity contribution in [1.29, 1.82) is 0 Å². The second kappa shape index (κ2) is 4.95. The fourth-order valence-electron chi connectivity index (χ4n) is 2.24. The van der Waals surface area contributed by atoms with Crippen LogP contribution in [-0.4, -0.2) is 31.9 Å². The molecule has 0 saturated heterocycles. The molecule has 0 aliphatic rings. The first kappa shape index (κ1) is 12.6. The third kappa shape index (κ3) is 2.13. The van der Waals surface area contributed by atoms with E-state index in [9.17, 15) is 14.8 Å². The third-order valence-electron chi connectivity index (χ3n) is 3.23. The van der Waals surface area contributed by atoms with Crippen molar-refractivity contribution in [3.63, 3.8) is 0 Å². The van der Waals surface area contributed by atoms with Crippen LogP contribution in [-0.2, 0) is 6.54 Å². The average Bonchev–Trinajstić information content (AvgIpc) is 2.84. The van der Waals surface area contributed by atoms with Crippen molar-refractivity contribution < 1.29 is 10.0 Å². The molecule has 0 atom stereocenters. The van der Waals surface area contributed by atoms with Gasteiger partial charge < -0.3 is 15.0 Å². The fraction of sp³-hybridized carbons (Fsp3) is 0.0769. The molecule has 1 aromatic carbocycles. The summed E-state index contributed by atoms with van der Waals surface area (Å²) in [4.78, 5) is 14.2. The minimum atomic E-state index is -1.53. The van der Waals surface area contributed by atoms with Gasteiger partial charge in [-0.25, -0.2) is 0 Å². The molecule has 20 heavy (non-hydrogen) atoms. The van der Waals surface area contributed by atoms with Crippen LogP contribution in [0, 0.1) is 0 Å². The van der Waals surface area contributed by atoms with Gasteiger partial charge in [0.15, 0.2) is 0 Å². The highest BCUT2D eigenvalue weighted by atomic mass is 16.4. The van der Waals surface area contributed by atoms with E-state index in [4.69, 9.17) is 0 Å².